The lowest BCUT2D eigenvalue weighted by atomic mass is 10.1. The molecule has 1 N–H and O–H groups in total. The molecule has 2 aromatic rings. The van der Waals surface area contributed by atoms with Crippen LogP contribution in [0.4, 0.5) is 4.79 Å². The Bertz CT molecular complexity index is 1100. The third-order valence-electron chi connectivity index (χ3n) is 4.79. The molecule has 2 heterocycles. The molecule has 158 valence electrons. The number of halogens is 2. The molecule has 1 aromatic carbocycles. The molecule has 1 aliphatic heterocycles. The third kappa shape index (κ3) is 4.95. The molecule has 30 heavy (non-hydrogen) atoms. The van der Waals surface area contributed by atoms with E-state index in [9.17, 15) is 13.2 Å². The van der Waals surface area contributed by atoms with Crippen LogP contribution in [0.15, 0.2) is 47.4 Å². The largest absolute Gasteiger partial charge is 0.414 e. The van der Waals surface area contributed by atoms with E-state index in [1.54, 1.807) is 18.2 Å². The summed E-state index contributed by atoms with van der Waals surface area (Å²) >= 11 is 11.9. The summed E-state index contributed by atoms with van der Waals surface area (Å²) in [6.07, 6.45) is 3.70. The van der Waals surface area contributed by atoms with Crippen molar-refractivity contribution in [1.82, 2.24) is 14.6 Å². The number of pyridine rings is 1. The monoisotopic (exact) mass is 467 g/mol. The van der Waals surface area contributed by atoms with E-state index in [0.717, 1.165) is 18.4 Å². The number of carbonyl (C=O) groups is 1. The lowest BCUT2D eigenvalue weighted by molar-refractivity contribution is 0.198. The molecule has 1 aliphatic carbocycles. The maximum atomic E-state index is 12.9. The maximum absolute atomic E-state index is 12.9. The summed E-state index contributed by atoms with van der Waals surface area (Å²) in [7, 11) is -3.72. The minimum atomic E-state index is -3.72. The molecule has 1 amide bonds. The van der Waals surface area contributed by atoms with Gasteiger partial charge < -0.3 is 10.1 Å². The van der Waals surface area contributed by atoms with Gasteiger partial charge in [-0.05, 0) is 49.1 Å². The van der Waals surface area contributed by atoms with Crippen molar-refractivity contribution in [3.05, 3.63) is 58.2 Å². The first-order chi connectivity index (χ1) is 14.3. The lowest BCUT2D eigenvalue weighted by Crippen LogP contribution is -2.34. The van der Waals surface area contributed by atoms with E-state index < -0.39 is 16.1 Å². The Hall–Kier alpha value is -2.13. The second-order valence-electron chi connectivity index (χ2n) is 7.12. The van der Waals surface area contributed by atoms with Crippen LogP contribution in [-0.2, 0) is 10.0 Å². The van der Waals surface area contributed by atoms with E-state index in [4.69, 9.17) is 27.9 Å². The fourth-order valence-corrected chi connectivity index (χ4v) is 5.21. The summed E-state index contributed by atoms with van der Waals surface area (Å²) in [6, 6.07) is 9.62. The molecule has 0 radical (unpaired) electrons. The maximum Gasteiger partial charge on any atom is 0.414 e. The predicted octanol–water partition coefficient (Wildman–Crippen LogP) is 4.12. The molecule has 2 aliphatic rings. The standard InChI is InChI=1S/C20H19Cl2N3O4S/c21-14-10-15(22)12-17(11-14)30(27,28)25-8-6-13(7-9-25)18-2-1-3-19(24-18)29-20(26)23-16-4-5-16/h1-3,6,10-12,16H,4-5,7-9H2,(H,23,26). The average molecular weight is 468 g/mol. The van der Waals surface area contributed by atoms with Crippen molar-refractivity contribution in [3.63, 3.8) is 0 Å². The van der Waals surface area contributed by atoms with Crippen molar-refractivity contribution in [2.45, 2.75) is 30.2 Å². The molecule has 1 aromatic heterocycles. The molecule has 10 heteroatoms. The van der Waals surface area contributed by atoms with Gasteiger partial charge in [-0.2, -0.15) is 4.31 Å². The average Bonchev–Trinajstić information content (AvgIpc) is 3.51. The van der Waals surface area contributed by atoms with Crippen LogP contribution in [0.3, 0.4) is 0 Å². The van der Waals surface area contributed by atoms with Gasteiger partial charge in [0, 0.05) is 35.2 Å². The molecule has 1 saturated carbocycles. The van der Waals surface area contributed by atoms with Gasteiger partial charge in [0.2, 0.25) is 15.9 Å². The number of hydrogen-bond acceptors (Lipinski definition) is 5. The zero-order valence-corrected chi connectivity index (χ0v) is 18.2. The van der Waals surface area contributed by atoms with Gasteiger partial charge in [0.15, 0.2) is 0 Å². The van der Waals surface area contributed by atoms with Crippen LogP contribution < -0.4 is 10.1 Å². The van der Waals surface area contributed by atoms with Crippen molar-refractivity contribution in [2.24, 2.45) is 0 Å². The number of amides is 1. The van der Waals surface area contributed by atoms with Crippen LogP contribution in [0, 0.1) is 0 Å². The number of benzene rings is 1. The molecular formula is C20H19Cl2N3O4S. The van der Waals surface area contributed by atoms with Crippen molar-refractivity contribution >= 4 is 44.9 Å². The van der Waals surface area contributed by atoms with Gasteiger partial charge in [0.05, 0.1) is 10.6 Å². The Kier molecular flexibility index (Phi) is 6.02. The number of ether oxygens (including phenoxy) is 1. The summed E-state index contributed by atoms with van der Waals surface area (Å²) in [5.74, 6) is 0.204. The van der Waals surface area contributed by atoms with Crippen LogP contribution in [0.1, 0.15) is 25.0 Å². The second-order valence-corrected chi connectivity index (χ2v) is 9.93. The van der Waals surface area contributed by atoms with Crippen LogP contribution in [0.25, 0.3) is 5.57 Å². The Balaban J connectivity index is 1.47. The highest BCUT2D eigenvalue weighted by Crippen LogP contribution is 2.29. The number of rotatable bonds is 5. The first-order valence-corrected chi connectivity index (χ1v) is 11.6. The van der Waals surface area contributed by atoms with E-state index in [2.05, 4.69) is 10.3 Å². The molecule has 0 atom stereocenters. The van der Waals surface area contributed by atoms with Gasteiger partial charge in [-0.3, -0.25) is 0 Å². The lowest BCUT2D eigenvalue weighted by Gasteiger charge is -2.26. The van der Waals surface area contributed by atoms with E-state index in [1.807, 2.05) is 6.08 Å². The normalized spacial score (nSPS) is 17.3. The number of nitrogens with one attached hydrogen (secondary N) is 1. The highest BCUT2D eigenvalue weighted by Gasteiger charge is 2.28. The fraction of sp³-hybridized carbons (Fsp3) is 0.300. The SMILES string of the molecule is O=C(NC1CC1)Oc1cccc(C2=CCN(S(=O)(=O)c3cc(Cl)cc(Cl)c3)CC2)n1. The van der Waals surface area contributed by atoms with Gasteiger partial charge in [-0.1, -0.05) is 35.3 Å². The summed E-state index contributed by atoms with van der Waals surface area (Å²) < 4.78 is 32.4. The van der Waals surface area contributed by atoms with Crippen molar-refractivity contribution < 1.29 is 17.9 Å². The molecular weight excluding hydrogens is 449 g/mol. The van der Waals surface area contributed by atoms with Crippen molar-refractivity contribution in [1.29, 1.82) is 0 Å². The minimum absolute atomic E-state index is 0.0621. The minimum Gasteiger partial charge on any atom is -0.391 e. The van der Waals surface area contributed by atoms with E-state index in [-0.39, 0.29) is 40.0 Å². The number of nitrogens with zero attached hydrogens (tertiary/aromatic N) is 2. The number of aromatic nitrogens is 1. The van der Waals surface area contributed by atoms with E-state index in [1.165, 1.54) is 22.5 Å². The fourth-order valence-electron chi connectivity index (χ4n) is 3.10. The number of hydrogen-bond donors (Lipinski definition) is 1. The topological polar surface area (TPSA) is 88.6 Å². The smallest absolute Gasteiger partial charge is 0.391 e. The third-order valence-corrected chi connectivity index (χ3v) is 7.07. The first-order valence-electron chi connectivity index (χ1n) is 9.42. The van der Waals surface area contributed by atoms with E-state index >= 15 is 0 Å². The summed E-state index contributed by atoms with van der Waals surface area (Å²) in [5, 5.41) is 3.27. The van der Waals surface area contributed by atoms with Gasteiger partial charge in [-0.15, -0.1) is 0 Å². The van der Waals surface area contributed by atoms with Gasteiger partial charge in [0.25, 0.3) is 0 Å². The van der Waals surface area contributed by atoms with Gasteiger partial charge in [0.1, 0.15) is 0 Å². The highest BCUT2D eigenvalue weighted by molar-refractivity contribution is 7.89. The molecule has 7 nitrogen and oxygen atoms in total. The molecule has 0 spiro atoms. The van der Waals surface area contributed by atoms with Crippen LogP contribution in [0.2, 0.25) is 10.0 Å². The Labute approximate surface area is 184 Å². The summed E-state index contributed by atoms with van der Waals surface area (Å²) in [6.45, 7) is 0.476. The van der Waals surface area contributed by atoms with Crippen molar-refractivity contribution in [2.75, 3.05) is 13.1 Å². The first kappa shape index (κ1) is 21.1. The molecule has 4 rings (SSSR count). The second kappa shape index (κ2) is 8.55. The van der Waals surface area contributed by atoms with Crippen LogP contribution >= 0.6 is 23.2 Å². The Morgan fingerprint density at radius 3 is 2.53 bits per heavy atom. The molecule has 0 unspecified atom stereocenters. The van der Waals surface area contributed by atoms with Gasteiger partial charge in [-0.25, -0.2) is 18.2 Å². The predicted molar refractivity (Wildman–Crippen MR) is 114 cm³/mol. The zero-order valence-electron chi connectivity index (χ0n) is 15.8. The molecule has 0 bridgehead atoms. The Morgan fingerprint density at radius 1 is 1.17 bits per heavy atom. The van der Waals surface area contributed by atoms with Gasteiger partial charge >= 0.3 is 6.09 Å². The summed E-state index contributed by atoms with van der Waals surface area (Å²) in [4.78, 5) is 16.2. The number of carbonyl (C=O) groups excluding carboxylic acids is 1. The summed E-state index contributed by atoms with van der Waals surface area (Å²) in [5.41, 5.74) is 1.54. The molecule has 0 saturated heterocycles. The van der Waals surface area contributed by atoms with Crippen LogP contribution in [-0.4, -0.2) is 42.9 Å². The Morgan fingerprint density at radius 2 is 1.90 bits per heavy atom. The van der Waals surface area contributed by atoms with Crippen molar-refractivity contribution in [3.8, 4) is 5.88 Å². The highest BCUT2D eigenvalue weighted by atomic mass is 35.5. The zero-order chi connectivity index (χ0) is 21.3. The quantitative estimate of drug-likeness (QED) is 0.714. The number of sulfonamides is 1. The van der Waals surface area contributed by atoms with E-state index in [0.29, 0.717) is 12.1 Å². The molecule has 1 fully saturated rings. The van der Waals surface area contributed by atoms with Crippen LogP contribution in [0.5, 0.6) is 5.88 Å².